The van der Waals surface area contributed by atoms with Crippen molar-refractivity contribution in [1.29, 1.82) is 0 Å². The molecule has 0 aromatic heterocycles. The van der Waals surface area contributed by atoms with E-state index >= 15 is 0 Å². The molecule has 0 amide bonds. The Labute approximate surface area is 179 Å². The molecule has 0 aromatic rings. The van der Waals surface area contributed by atoms with Crippen LogP contribution in [-0.4, -0.2) is 44.3 Å². The average molecular weight is 405 g/mol. The van der Waals surface area contributed by atoms with E-state index in [4.69, 9.17) is 9.79 Å². The minimum atomic E-state index is -4.48. The molecule has 0 aliphatic rings. The van der Waals surface area contributed by atoms with Crippen LogP contribution < -0.4 is 0 Å². The molecular weight excluding hydrogens is 362 g/mol. The third-order valence-electron chi connectivity index (χ3n) is 4.23. The van der Waals surface area contributed by atoms with Gasteiger partial charge in [-0.25, -0.2) is 9.45 Å². The fourth-order valence-electron chi connectivity index (χ4n) is 2.46. The molecular formula is C19H42NaO5P. The molecule has 0 bridgehead atoms. The summed E-state index contributed by atoms with van der Waals surface area (Å²) in [4.78, 5) is 21.2. The molecule has 0 aromatic carbocycles. The van der Waals surface area contributed by atoms with Crippen molar-refractivity contribution < 1.29 is 23.9 Å². The predicted octanol–water partition coefficient (Wildman–Crippen LogP) is 6.49. The van der Waals surface area contributed by atoms with Crippen LogP contribution in [0.5, 0.6) is 0 Å². The van der Waals surface area contributed by atoms with Gasteiger partial charge in [0.25, 0.3) is 0 Å². The first-order valence-electron chi connectivity index (χ1n) is 10.8. The molecule has 5 nitrogen and oxygen atoms in total. The number of hydrogen-bond acceptors (Lipinski definition) is 3. The summed E-state index contributed by atoms with van der Waals surface area (Å²) < 4.78 is 15.7. The van der Waals surface area contributed by atoms with E-state index in [2.05, 4.69) is 23.4 Å². The van der Waals surface area contributed by atoms with Gasteiger partial charge in [-0.2, -0.15) is 0 Å². The molecule has 0 aliphatic carbocycles. The van der Waals surface area contributed by atoms with E-state index in [1.54, 1.807) is 0 Å². The minimum absolute atomic E-state index is 0.239. The summed E-state index contributed by atoms with van der Waals surface area (Å²) in [6, 6.07) is 0. The molecule has 0 fully saturated rings. The summed E-state index contributed by atoms with van der Waals surface area (Å²) in [5.74, 6) is 0. The van der Waals surface area contributed by atoms with Crippen LogP contribution in [0.4, 0.5) is 0 Å². The average Bonchev–Trinajstić information content (AvgIpc) is 2.60. The van der Waals surface area contributed by atoms with Gasteiger partial charge < -0.3 is 9.79 Å². The third kappa shape index (κ3) is 32.7. The SMILES string of the molecule is CCCCCCCCCCCCCCCCOOP(=O)(O)O.CC[CH2][Na]. The van der Waals surface area contributed by atoms with E-state index in [0.29, 0.717) is 0 Å². The van der Waals surface area contributed by atoms with Crippen molar-refractivity contribution in [1.82, 2.24) is 0 Å². The van der Waals surface area contributed by atoms with Crippen LogP contribution in [0.1, 0.15) is 110 Å². The zero-order valence-corrected chi connectivity index (χ0v) is 20.5. The number of rotatable bonds is 18. The molecule has 26 heavy (non-hydrogen) atoms. The Morgan fingerprint density at radius 2 is 1.04 bits per heavy atom. The van der Waals surface area contributed by atoms with E-state index < -0.39 is 7.82 Å². The summed E-state index contributed by atoms with van der Waals surface area (Å²) in [5, 5.41) is 0. The quantitative estimate of drug-likeness (QED) is 0.0897. The van der Waals surface area contributed by atoms with Crippen LogP contribution in [0, 0.1) is 0 Å². The van der Waals surface area contributed by atoms with Gasteiger partial charge in [-0.1, -0.05) is 90.4 Å². The van der Waals surface area contributed by atoms with Gasteiger partial charge in [-0.3, -0.25) is 0 Å². The molecule has 154 valence electrons. The molecule has 0 rings (SSSR count). The number of hydrogen-bond donors (Lipinski definition) is 2. The van der Waals surface area contributed by atoms with Crippen LogP contribution in [0.2, 0.25) is 3.67 Å². The summed E-state index contributed by atoms with van der Waals surface area (Å²) in [6.07, 6.45) is 19.2. The van der Waals surface area contributed by atoms with Gasteiger partial charge in [-0.05, 0) is 6.42 Å². The Kier molecular flexibility index (Phi) is 27.1. The van der Waals surface area contributed by atoms with E-state index in [1.165, 1.54) is 109 Å². The van der Waals surface area contributed by atoms with Gasteiger partial charge in [-0.15, -0.1) is 4.67 Å². The molecule has 7 heteroatoms. The van der Waals surface area contributed by atoms with Crippen LogP contribution in [0.3, 0.4) is 0 Å². The van der Waals surface area contributed by atoms with E-state index in [9.17, 15) is 4.57 Å². The molecule has 0 saturated heterocycles. The normalized spacial score (nSPS) is 11.3. The van der Waals surface area contributed by atoms with Gasteiger partial charge in [0, 0.05) is 0 Å². The van der Waals surface area contributed by atoms with Gasteiger partial charge in [0.15, 0.2) is 0 Å². The molecule has 0 radical (unpaired) electrons. The first-order valence-corrected chi connectivity index (χ1v) is 13.8. The van der Waals surface area contributed by atoms with Crippen molar-refractivity contribution in [2.24, 2.45) is 0 Å². The van der Waals surface area contributed by atoms with Crippen molar-refractivity contribution in [3.63, 3.8) is 0 Å². The van der Waals surface area contributed by atoms with Crippen molar-refractivity contribution in [2.45, 2.75) is 114 Å². The zero-order valence-electron chi connectivity index (χ0n) is 17.6. The van der Waals surface area contributed by atoms with Crippen LogP contribution in [-0.2, 0) is 14.1 Å². The molecule has 0 unspecified atom stereocenters. The molecule has 0 aliphatic heterocycles. The van der Waals surface area contributed by atoms with Crippen molar-refractivity contribution in [3.8, 4) is 0 Å². The molecule has 0 spiro atoms. The van der Waals surface area contributed by atoms with Gasteiger partial charge in [0.1, 0.15) is 0 Å². The summed E-state index contributed by atoms with van der Waals surface area (Å²) in [5.41, 5.74) is 0. The zero-order chi connectivity index (χ0) is 19.9. The van der Waals surface area contributed by atoms with E-state index in [0.717, 1.165) is 19.3 Å². The molecule has 0 saturated carbocycles. The third-order valence-corrected chi connectivity index (χ3v) is 5.53. The van der Waals surface area contributed by atoms with Crippen molar-refractivity contribution >= 4 is 35.8 Å². The van der Waals surface area contributed by atoms with Crippen LogP contribution in [0.25, 0.3) is 0 Å². The Hall–Kier alpha value is 1.07. The molecule has 2 N–H and O–H groups in total. The molecule has 0 heterocycles. The maximum atomic E-state index is 10.3. The Balaban J connectivity index is 0. The number of phosphoric acid groups is 1. The first-order chi connectivity index (χ1) is 12.5. The second-order valence-electron chi connectivity index (χ2n) is 6.98. The fraction of sp³-hybridized carbons (Fsp3) is 1.00. The Morgan fingerprint density at radius 3 is 1.35 bits per heavy atom. The van der Waals surface area contributed by atoms with Crippen molar-refractivity contribution in [3.05, 3.63) is 0 Å². The Morgan fingerprint density at radius 1 is 0.692 bits per heavy atom. The first kappa shape index (κ1) is 29.3. The van der Waals surface area contributed by atoms with Crippen molar-refractivity contribution in [2.75, 3.05) is 6.61 Å². The standard InChI is InChI=1S/C16H35O5P.C3H7.Na/c1-2-3-4-5-6-7-8-9-10-11-12-13-14-15-16-20-21-22(17,18)19;1-3-2;/h2-16H2,1H3,(H2,17,18,19);1,3H2,2H3;. The molecule has 0 atom stereocenters. The summed E-state index contributed by atoms with van der Waals surface area (Å²) >= 11 is 1.39. The summed E-state index contributed by atoms with van der Waals surface area (Å²) in [6.45, 7) is 4.71. The fourth-order valence-corrected chi connectivity index (χ4v) is 2.67. The van der Waals surface area contributed by atoms with E-state index in [1.807, 2.05) is 0 Å². The predicted molar refractivity (Wildman–Crippen MR) is 110 cm³/mol. The van der Waals surface area contributed by atoms with Gasteiger partial charge in [0.05, 0.1) is 6.61 Å². The van der Waals surface area contributed by atoms with E-state index in [-0.39, 0.29) is 6.61 Å². The summed E-state index contributed by atoms with van der Waals surface area (Å²) in [7, 11) is -4.48. The second-order valence-corrected chi connectivity index (χ2v) is 9.11. The topological polar surface area (TPSA) is 76.0 Å². The monoisotopic (exact) mass is 404 g/mol. The van der Waals surface area contributed by atoms with Gasteiger partial charge in [0.2, 0.25) is 0 Å². The van der Waals surface area contributed by atoms with Crippen LogP contribution in [0.15, 0.2) is 0 Å². The van der Waals surface area contributed by atoms with Crippen LogP contribution >= 0.6 is 7.82 Å². The maximum absolute atomic E-state index is 10.3. The van der Waals surface area contributed by atoms with Gasteiger partial charge >= 0.3 is 52.8 Å². The second kappa shape index (κ2) is 24.1. The number of unbranched alkanes of at least 4 members (excludes halogenated alkanes) is 13. The Bertz CT molecular complexity index is 298.